The lowest BCUT2D eigenvalue weighted by molar-refractivity contribution is 1.52. The molecule has 0 unspecified atom stereocenters. The lowest BCUT2D eigenvalue weighted by atomic mass is 10.1. The van der Waals surface area contributed by atoms with E-state index in [4.69, 9.17) is 0 Å². The average Bonchev–Trinajstić information content (AvgIpc) is 2.84. The van der Waals surface area contributed by atoms with Gasteiger partial charge in [-0.3, -0.25) is 0 Å². The molecule has 0 spiro atoms. The Bertz CT molecular complexity index is 435. The Kier molecular flexibility index (Phi) is 1.31. The van der Waals surface area contributed by atoms with Crippen LogP contribution >= 0.6 is 0 Å². The molecule has 0 aliphatic heterocycles. The van der Waals surface area contributed by atoms with E-state index in [1.54, 1.807) is 0 Å². The molecule has 3 rings (SSSR count). The van der Waals surface area contributed by atoms with Gasteiger partial charge in [0, 0.05) is 0 Å². The highest BCUT2D eigenvalue weighted by atomic mass is 14.3. The van der Waals surface area contributed by atoms with E-state index in [9.17, 15) is 0 Å². The number of fused-ring (bicyclic) bond motifs is 2. The lowest BCUT2D eigenvalue weighted by Gasteiger charge is -1.99. The lowest BCUT2D eigenvalue weighted by Crippen LogP contribution is -1.80. The summed E-state index contributed by atoms with van der Waals surface area (Å²) in [6.45, 7) is 0. The molecule has 0 bridgehead atoms. The molecule has 62 valence electrons. The zero-order valence-electron chi connectivity index (χ0n) is 7.33. The molecule has 0 atom stereocenters. The van der Waals surface area contributed by atoms with E-state index in [1.807, 2.05) is 0 Å². The molecule has 1 fully saturated rings. The zero-order valence-corrected chi connectivity index (χ0v) is 7.33. The molecular formula is C13H10. The Morgan fingerprint density at radius 1 is 0.769 bits per heavy atom. The normalized spacial score (nSPS) is 22.8. The van der Waals surface area contributed by atoms with Gasteiger partial charge in [-0.2, -0.15) is 0 Å². The van der Waals surface area contributed by atoms with Crippen LogP contribution in [0.2, 0.25) is 0 Å². The summed E-state index contributed by atoms with van der Waals surface area (Å²) in [5.74, 6) is 0. The summed E-state index contributed by atoms with van der Waals surface area (Å²) in [7, 11) is 0. The third-order valence-electron chi connectivity index (χ3n) is 2.57. The number of rotatable bonds is 0. The van der Waals surface area contributed by atoms with Crippen LogP contribution in [0, 0.1) is 0 Å². The van der Waals surface area contributed by atoms with Crippen LogP contribution in [0.5, 0.6) is 0 Å². The van der Waals surface area contributed by atoms with Crippen LogP contribution < -0.4 is 0 Å². The van der Waals surface area contributed by atoms with Crippen LogP contribution in [-0.4, -0.2) is 0 Å². The van der Waals surface area contributed by atoms with E-state index >= 15 is 0 Å². The van der Waals surface area contributed by atoms with E-state index in [2.05, 4.69) is 48.6 Å². The Morgan fingerprint density at radius 3 is 2.77 bits per heavy atom. The van der Waals surface area contributed by atoms with Gasteiger partial charge in [0.25, 0.3) is 0 Å². The summed E-state index contributed by atoms with van der Waals surface area (Å²) in [4.78, 5) is 0. The Labute approximate surface area is 78.0 Å². The molecule has 0 aromatic rings. The number of hydrogen-bond donors (Lipinski definition) is 0. The van der Waals surface area contributed by atoms with Gasteiger partial charge in [0.05, 0.1) is 0 Å². The highest BCUT2D eigenvalue weighted by Crippen LogP contribution is 2.40. The summed E-state index contributed by atoms with van der Waals surface area (Å²) >= 11 is 0. The molecule has 0 aromatic heterocycles. The molecule has 3 aliphatic rings. The van der Waals surface area contributed by atoms with Gasteiger partial charge >= 0.3 is 0 Å². The van der Waals surface area contributed by atoms with Crippen molar-refractivity contribution in [1.29, 1.82) is 0 Å². The van der Waals surface area contributed by atoms with Gasteiger partial charge in [0.15, 0.2) is 0 Å². The Hall–Kier alpha value is -1.56. The van der Waals surface area contributed by atoms with Crippen molar-refractivity contribution in [2.45, 2.75) is 6.42 Å². The zero-order chi connectivity index (χ0) is 8.67. The largest absolute Gasteiger partial charge is 0.0622 e. The monoisotopic (exact) mass is 166 g/mol. The second-order valence-corrected chi connectivity index (χ2v) is 3.53. The molecule has 0 aromatic carbocycles. The molecule has 0 radical (unpaired) electrons. The van der Waals surface area contributed by atoms with Gasteiger partial charge in [0.2, 0.25) is 0 Å². The maximum atomic E-state index is 2.30. The highest BCUT2D eigenvalue weighted by molar-refractivity contribution is 5.64. The van der Waals surface area contributed by atoms with Crippen molar-refractivity contribution < 1.29 is 0 Å². The fraction of sp³-hybridized carbons (Fsp3) is 0.0769. The summed E-state index contributed by atoms with van der Waals surface area (Å²) in [6, 6.07) is 0. The third-order valence-corrected chi connectivity index (χ3v) is 2.57. The molecule has 0 nitrogen and oxygen atoms in total. The first-order valence-electron chi connectivity index (χ1n) is 4.61. The average molecular weight is 166 g/mol. The highest BCUT2D eigenvalue weighted by Gasteiger charge is 2.22. The van der Waals surface area contributed by atoms with Crippen LogP contribution in [0.3, 0.4) is 0 Å². The van der Waals surface area contributed by atoms with Crippen molar-refractivity contribution in [1.82, 2.24) is 0 Å². The molecule has 3 aliphatic carbocycles. The standard InChI is InChI=1S/C13H10/c1-2-4-10-6-7-12-9-13(12)8-11(10)5-3-1/h1-8H,9H2. The van der Waals surface area contributed by atoms with Gasteiger partial charge in [-0.15, -0.1) is 0 Å². The minimum absolute atomic E-state index is 1.19. The molecule has 0 N–H and O–H groups in total. The number of hydrogen-bond acceptors (Lipinski definition) is 0. The van der Waals surface area contributed by atoms with Gasteiger partial charge < -0.3 is 0 Å². The first kappa shape index (κ1) is 6.90. The van der Waals surface area contributed by atoms with Crippen molar-refractivity contribution >= 4 is 0 Å². The van der Waals surface area contributed by atoms with Gasteiger partial charge in [0.1, 0.15) is 0 Å². The number of allylic oxidation sites excluding steroid dienone is 12. The molecule has 0 heterocycles. The van der Waals surface area contributed by atoms with Crippen molar-refractivity contribution in [2.24, 2.45) is 0 Å². The van der Waals surface area contributed by atoms with Crippen LogP contribution in [-0.2, 0) is 0 Å². The van der Waals surface area contributed by atoms with E-state index in [-0.39, 0.29) is 0 Å². The van der Waals surface area contributed by atoms with Crippen LogP contribution in [0.1, 0.15) is 6.42 Å². The summed E-state index contributed by atoms with van der Waals surface area (Å²) in [6.07, 6.45) is 18.5. The predicted octanol–water partition coefficient (Wildman–Crippen LogP) is 3.24. The van der Waals surface area contributed by atoms with E-state index in [0.717, 1.165) is 0 Å². The van der Waals surface area contributed by atoms with E-state index in [0.29, 0.717) is 0 Å². The van der Waals surface area contributed by atoms with E-state index in [1.165, 1.54) is 28.7 Å². The Balaban J connectivity index is 2.17. The SMILES string of the molecule is C1=CC=C2C=C3CC3=CC=C2C=C1. The summed E-state index contributed by atoms with van der Waals surface area (Å²) in [5.41, 5.74) is 5.65. The molecule has 13 heavy (non-hydrogen) atoms. The first-order valence-corrected chi connectivity index (χ1v) is 4.61. The first-order chi connectivity index (χ1) is 6.43. The fourth-order valence-corrected chi connectivity index (χ4v) is 1.71. The van der Waals surface area contributed by atoms with Gasteiger partial charge in [-0.1, -0.05) is 48.6 Å². The van der Waals surface area contributed by atoms with E-state index < -0.39 is 0 Å². The van der Waals surface area contributed by atoms with Crippen LogP contribution in [0.15, 0.2) is 70.9 Å². The maximum Gasteiger partial charge on any atom is -0.00198 e. The summed E-state index contributed by atoms with van der Waals surface area (Å²) < 4.78 is 0. The van der Waals surface area contributed by atoms with Crippen LogP contribution in [0.25, 0.3) is 0 Å². The van der Waals surface area contributed by atoms with Crippen molar-refractivity contribution in [3.05, 3.63) is 70.9 Å². The second kappa shape index (κ2) is 2.46. The molecule has 0 saturated heterocycles. The topological polar surface area (TPSA) is 0 Å². The smallest absolute Gasteiger partial charge is 0.00198 e. The molecule has 1 saturated carbocycles. The second-order valence-electron chi connectivity index (χ2n) is 3.53. The van der Waals surface area contributed by atoms with Crippen molar-refractivity contribution in [2.75, 3.05) is 0 Å². The quantitative estimate of drug-likeness (QED) is 0.518. The minimum Gasteiger partial charge on any atom is -0.0622 e. The molecule has 0 amide bonds. The van der Waals surface area contributed by atoms with Crippen molar-refractivity contribution in [3.63, 3.8) is 0 Å². The molecule has 0 heteroatoms. The van der Waals surface area contributed by atoms with Crippen LogP contribution in [0.4, 0.5) is 0 Å². The van der Waals surface area contributed by atoms with Crippen molar-refractivity contribution in [3.8, 4) is 0 Å². The van der Waals surface area contributed by atoms with Gasteiger partial charge in [-0.25, -0.2) is 0 Å². The van der Waals surface area contributed by atoms with Gasteiger partial charge in [-0.05, 0) is 28.7 Å². The third kappa shape index (κ3) is 1.15. The molecular weight excluding hydrogens is 156 g/mol. The fourth-order valence-electron chi connectivity index (χ4n) is 1.71. The summed E-state index contributed by atoms with van der Waals surface area (Å²) in [5, 5.41) is 0. The predicted molar refractivity (Wildman–Crippen MR) is 55.2 cm³/mol. The minimum atomic E-state index is 1.19. The Morgan fingerprint density at radius 2 is 1.77 bits per heavy atom. The maximum absolute atomic E-state index is 2.30.